The molecule has 40 heavy (non-hydrogen) atoms. The smallest absolute Gasteiger partial charge is 0.320 e. The summed E-state index contributed by atoms with van der Waals surface area (Å²) < 4.78 is 7.57. The number of hydrogen-bond donors (Lipinski definition) is 3. The maximum Gasteiger partial charge on any atom is 0.320 e. The molecule has 2 aromatic heterocycles. The topological polar surface area (TPSA) is 143 Å². The molecule has 0 aliphatic carbocycles. The lowest BCUT2D eigenvalue weighted by Crippen LogP contribution is -2.38. The fourth-order valence-electron chi connectivity index (χ4n) is 4.37. The average Bonchev–Trinajstić information content (AvgIpc) is 3.75. The molecule has 0 bridgehead atoms. The van der Waals surface area contributed by atoms with Gasteiger partial charge in [-0.15, -0.1) is 5.10 Å². The second kappa shape index (κ2) is 11.6. The summed E-state index contributed by atoms with van der Waals surface area (Å²) in [7, 11) is 3.52. The van der Waals surface area contributed by atoms with Crippen LogP contribution in [0, 0.1) is 0 Å². The Morgan fingerprint density at radius 1 is 1.25 bits per heavy atom. The summed E-state index contributed by atoms with van der Waals surface area (Å²) in [4.78, 5) is 30.8. The molecule has 0 spiro atoms. The number of amides is 2. The van der Waals surface area contributed by atoms with Crippen LogP contribution in [0.5, 0.6) is 0 Å². The number of allylic oxidation sites excluding steroid dienone is 2. The van der Waals surface area contributed by atoms with Crippen molar-refractivity contribution in [2.45, 2.75) is 12.8 Å². The number of nitrogens with one attached hydrogen (secondary N) is 3. The Labute approximate surface area is 235 Å². The van der Waals surface area contributed by atoms with Gasteiger partial charge in [-0.25, -0.2) is 0 Å². The van der Waals surface area contributed by atoms with Gasteiger partial charge in [0.25, 0.3) is 11.8 Å². The third kappa shape index (κ3) is 5.81. The Balaban J connectivity index is 1.26. The van der Waals surface area contributed by atoms with E-state index in [1.165, 1.54) is 6.07 Å². The summed E-state index contributed by atoms with van der Waals surface area (Å²) >= 11 is 6.43. The van der Waals surface area contributed by atoms with E-state index in [2.05, 4.69) is 42.8 Å². The number of aliphatic imine (C=N–C) groups is 1. The summed E-state index contributed by atoms with van der Waals surface area (Å²) in [5, 5.41) is 21.5. The van der Waals surface area contributed by atoms with E-state index < -0.39 is 0 Å². The first-order valence-corrected chi connectivity index (χ1v) is 13.0. The van der Waals surface area contributed by atoms with Gasteiger partial charge in [0.15, 0.2) is 0 Å². The molecule has 0 atom stereocenters. The van der Waals surface area contributed by atoms with E-state index in [4.69, 9.17) is 16.0 Å². The van der Waals surface area contributed by atoms with Crippen molar-refractivity contribution in [1.82, 2.24) is 35.5 Å². The second-order valence-electron chi connectivity index (χ2n) is 9.26. The van der Waals surface area contributed by atoms with E-state index in [-0.39, 0.29) is 35.3 Å². The van der Waals surface area contributed by atoms with Gasteiger partial charge in [-0.1, -0.05) is 23.3 Å². The van der Waals surface area contributed by atoms with E-state index in [1.807, 2.05) is 19.3 Å². The first kappa shape index (κ1) is 26.9. The molecule has 1 saturated heterocycles. The Hall–Kier alpha value is -4.71. The number of aromatic nitrogens is 4. The van der Waals surface area contributed by atoms with E-state index >= 15 is 0 Å². The predicted molar refractivity (Wildman–Crippen MR) is 152 cm³/mol. The molecule has 12 nitrogen and oxygen atoms in total. The Morgan fingerprint density at radius 3 is 2.75 bits per heavy atom. The summed E-state index contributed by atoms with van der Waals surface area (Å²) in [5.74, 6) is 0.412. The minimum Gasteiger partial charge on any atom is -0.403 e. The number of likely N-dealkylation sites (tertiary alicyclic amines) is 1. The van der Waals surface area contributed by atoms with Gasteiger partial charge < -0.3 is 25.3 Å². The van der Waals surface area contributed by atoms with Crippen LogP contribution in [-0.2, 0) is 11.8 Å². The van der Waals surface area contributed by atoms with Crippen molar-refractivity contribution in [3.63, 3.8) is 0 Å². The molecule has 5 rings (SSSR count). The summed E-state index contributed by atoms with van der Waals surface area (Å²) in [6, 6.07) is 4.85. The molecule has 0 unspecified atom stereocenters. The number of rotatable bonds is 8. The highest BCUT2D eigenvalue weighted by Crippen LogP contribution is 2.31. The van der Waals surface area contributed by atoms with Gasteiger partial charge in [-0.3, -0.25) is 19.3 Å². The van der Waals surface area contributed by atoms with Crippen molar-refractivity contribution in [1.29, 1.82) is 0 Å². The standard InChI is InChI=1S/C27H28ClN9O3/c1-16(18-12-32-36(3)15-18)10-19-20(13-30-24(19)29-2)26-34-35-27(40-26)33-22-7-6-17(11-21(22)28)25(39)31-14-23(38)37-8-4-5-9-37/h6-7,10-13,15H,1,4-5,8-9,14H2,2-3H3,(H,29,30)(H,31,39)(H,33,35)/b19-10-. The summed E-state index contributed by atoms with van der Waals surface area (Å²) in [6.45, 7) is 5.56. The number of nitrogens with zero attached hydrogens (tertiary/aromatic N) is 6. The second-order valence-corrected chi connectivity index (χ2v) is 9.67. The first-order chi connectivity index (χ1) is 19.3. The van der Waals surface area contributed by atoms with E-state index in [1.54, 1.807) is 41.2 Å². The highest BCUT2D eigenvalue weighted by Gasteiger charge is 2.25. The predicted octanol–water partition coefficient (Wildman–Crippen LogP) is 3.16. The van der Waals surface area contributed by atoms with Gasteiger partial charge in [0, 0.05) is 56.3 Å². The summed E-state index contributed by atoms with van der Waals surface area (Å²) in [6.07, 6.45) is 9.20. The van der Waals surface area contributed by atoms with Crippen LogP contribution in [0.4, 0.5) is 11.7 Å². The number of carbonyl (C=O) groups excluding carboxylic acids is 2. The fourth-order valence-corrected chi connectivity index (χ4v) is 4.60. The normalized spacial score (nSPS) is 16.8. The van der Waals surface area contributed by atoms with Crippen molar-refractivity contribution in [3.05, 3.63) is 77.1 Å². The average molecular weight is 562 g/mol. The maximum absolute atomic E-state index is 12.5. The molecule has 13 heteroatoms. The molecule has 2 amide bonds. The molecule has 1 aromatic carbocycles. The Bertz CT molecular complexity index is 1560. The zero-order valence-electron chi connectivity index (χ0n) is 22.1. The molecular weight excluding hydrogens is 534 g/mol. The SMILES string of the molecule is C=C(/C=C1/C(c2nnc(Nc3ccc(C(=O)NCC(=O)N4CCCC4)cc3Cl)o2)=CNC1=NC)c1cnn(C)c1. The molecule has 206 valence electrons. The largest absolute Gasteiger partial charge is 0.403 e. The quantitative estimate of drug-likeness (QED) is 0.380. The summed E-state index contributed by atoms with van der Waals surface area (Å²) in [5.41, 5.74) is 3.79. The minimum absolute atomic E-state index is 0.0532. The van der Waals surface area contributed by atoms with E-state index in [9.17, 15) is 9.59 Å². The van der Waals surface area contributed by atoms with Crippen LogP contribution < -0.4 is 16.0 Å². The third-order valence-corrected chi connectivity index (χ3v) is 6.82. The number of amidine groups is 1. The van der Waals surface area contributed by atoms with Crippen LogP contribution in [0.2, 0.25) is 5.02 Å². The van der Waals surface area contributed by atoms with E-state index in [0.717, 1.165) is 42.6 Å². The lowest BCUT2D eigenvalue weighted by atomic mass is 10.0. The van der Waals surface area contributed by atoms with Gasteiger partial charge in [-0.05, 0) is 42.7 Å². The number of anilines is 2. The van der Waals surface area contributed by atoms with Gasteiger partial charge >= 0.3 is 6.01 Å². The van der Waals surface area contributed by atoms with Crippen LogP contribution in [-0.4, -0.2) is 69.2 Å². The number of carbonyl (C=O) groups is 2. The molecule has 4 heterocycles. The van der Waals surface area contributed by atoms with Crippen LogP contribution >= 0.6 is 11.6 Å². The molecular formula is C27H28ClN9O3. The molecule has 0 saturated carbocycles. The van der Waals surface area contributed by atoms with Gasteiger partial charge in [0.05, 0.1) is 29.0 Å². The highest BCUT2D eigenvalue weighted by atomic mass is 35.5. The van der Waals surface area contributed by atoms with Gasteiger partial charge in [0.1, 0.15) is 5.84 Å². The molecule has 3 N–H and O–H groups in total. The lowest BCUT2D eigenvalue weighted by molar-refractivity contribution is -0.129. The lowest BCUT2D eigenvalue weighted by Gasteiger charge is -2.15. The number of halogens is 1. The molecule has 3 aromatic rings. The zero-order valence-corrected chi connectivity index (χ0v) is 22.8. The van der Waals surface area contributed by atoms with Crippen LogP contribution in [0.3, 0.4) is 0 Å². The van der Waals surface area contributed by atoms with Crippen molar-refractivity contribution in [2.24, 2.45) is 12.0 Å². The zero-order chi connectivity index (χ0) is 28.2. The Kier molecular flexibility index (Phi) is 7.78. The van der Waals surface area contributed by atoms with Gasteiger partial charge in [0.2, 0.25) is 5.91 Å². The monoisotopic (exact) mass is 561 g/mol. The third-order valence-electron chi connectivity index (χ3n) is 6.50. The van der Waals surface area contributed by atoms with Crippen LogP contribution in [0.1, 0.15) is 34.7 Å². The number of benzene rings is 1. The van der Waals surface area contributed by atoms with E-state index in [0.29, 0.717) is 22.7 Å². The maximum atomic E-state index is 12.5. The molecule has 2 aliphatic rings. The van der Waals surface area contributed by atoms with Crippen molar-refractivity contribution in [3.8, 4) is 0 Å². The first-order valence-electron chi connectivity index (χ1n) is 12.6. The highest BCUT2D eigenvalue weighted by molar-refractivity contribution is 6.33. The van der Waals surface area contributed by atoms with Crippen molar-refractivity contribution < 1.29 is 14.0 Å². The molecule has 1 fully saturated rings. The minimum atomic E-state index is -0.387. The van der Waals surface area contributed by atoms with Gasteiger partial charge in [-0.2, -0.15) is 5.10 Å². The molecule has 2 aliphatic heterocycles. The fraction of sp³-hybridized carbons (Fsp3) is 0.259. The number of aryl methyl sites for hydroxylation is 1. The Morgan fingerprint density at radius 2 is 2.05 bits per heavy atom. The molecule has 0 radical (unpaired) electrons. The number of hydrogen-bond acceptors (Lipinski definition) is 8. The van der Waals surface area contributed by atoms with Crippen molar-refractivity contribution >= 4 is 52.1 Å². The van der Waals surface area contributed by atoms with Crippen LogP contribution in [0.25, 0.3) is 11.1 Å². The van der Waals surface area contributed by atoms with Crippen molar-refractivity contribution in [2.75, 3.05) is 32.0 Å². The van der Waals surface area contributed by atoms with Crippen LogP contribution in [0.15, 0.2) is 64.4 Å².